The van der Waals surface area contributed by atoms with E-state index in [1.807, 2.05) is 20.8 Å². The molecule has 1 N–H and O–H groups in total. The summed E-state index contributed by atoms with van der Waals surface area (Å²) in [5, 5.41) is 10.5. The van der Waals surface area contributed by atoms with Gasteiger partial charge in [0.05, 0.1) is 16.2 Å². The van der Waals surface area contributed by atoms with Gasteiger partial charge < -0.3 is 9.84 Å². The van der Waals surface area contributed by atoms with E-state index in [2.05, 4.69) is 0 Å². The molecule has 0 saturated heterocycles. The lowest BCUT2D eigenvalue weighted by atomic mass is 9.83. The van der Waals surface area contributed by atoms with Gasteiger partial charge in [-0.05, 0) is 38.8 Å². The third-order valence-corrected chi connectivity index (χ3v) is 5.83. The number of ether oxygens (including phenoxy) is 1. The number of hydrogen-bond donors (Lipinski definition) is 1. The van der Waals surface area contributed by atoms with Crippen molar-refractivity contribution in [1.82, 2.24) is 0 Å². The molecule has 1 aromatic rings. The lowest BCUT2D eigenvalue weighted by Crippen LogP contribution is -2.47. The second kappa shape index (κ2) is 7.66. The lowest BCUT2D eigenvalue weighted by molar-refractivity contribution is -0.157. The minimum absolute atomic E-state index is 0.126. The number of aryl methyl sites for hydroxylation is 1. The van der Waals surface area contributed by atoms with Gasteiger partial charge in [-0.25, -0.2) is 8.42 Å². The van der Waals surface area contributed by atoms with Crippen LogP contribution in [0.15, 0.2) is 29.2 Å². The van der Waals surface area contributed by atoms with E-state index in [9.17, 15) is 18.3 Å². The molecule has 0 aliphatic heterocycles. The van der Waals surface area contributed by atoms with Gasteiger partial charge in [0, 0.05) is 12.8 Å². The zero-order valence-corrected chi connectivity index (χ0v) is 16.1. The molecule has 0 spiro atoms. The average Bonchev–Trinajstić information content (AvgIpc) is 2.41. The van der Waals surface area contributed by atoms with Crippen molar-refractivity contribution in [2.24, 2.45) is 11.8 Å². The molecule has 0 bridgehead atoms. The van der Waals surface area contributed by atoms with E-state index in [1.165, 1.54) is 6.92 Å². The summed E-state index contributed by atoms with van der Waals surface area (Å²) in [4.78, 5) is 11.6. The molecule has 136 valence electrons. The Morgan fingerprint density at radius 1 is 1.21 bits per heavy atom. The van der Waals surface area contributed by atoms with Crippen LogP contribution in [-0.4, -0.2) is 37.0 Å². The Balaban J connectivity index is 3.22. The van der Waals surface area contributed by atoms with Gasteiger partial charge in [0.1, 0.15) is 6.10 Å². The number of carbonyl (C=O) groups is 1. The van der Waals surface area contributed by atoms with Crippen LogP contribution in [0.2, 0.25) is 0 Å². The maximum absolute atomic E-state index is 12.8. The summed E-state index contributed by atoms with van der Waals surface area (Å²) in [6, 6.07) is 6.58. The number of carbonyl (C=O) groups excluding carboxylic acids is 1. The molecule has 0 aliphatic rings. The van der Waals surface area contributed by atoms with Crippen LogP contribution in [0.5, 0.6) is 0 Å². The third kappa shape index (κ3) is 5.60. The summed E-state index contributed by atoms with van der Waals surface area (Å²) in [6.07, 6.45) is -0.692. The van der Waals surface area contributed by atoms with Gasteiger partial charge >= 0.3 is 5.97 Å². The van der Waals surface area contributed by atoms with E-state index in [1.54, 1.807) is 38.1 Å². The number of hydrogen-bond acceptors (Lipinski definition) is 5. The van der Waals surface area contributed by atoms with Crippen molar-refractivity contribution in [1.29, 1.82) is 0 Å². The largest absolute Gasteiger partial charge is 0.462 e. The fraction of sp³-hybridized carbons (Fsp3) is 0.611. The Bertz CT molecular complexity index is 654. The van der Waals surface area contributed by atoms with Crippen molar-refractivity contribution in [2.45, 2.75) is 58.1 Å². The number of rotatable bonds is 7. The van der Waals surface area contributed by atoms with E-state index < -0.39 is 33.4 Å². The van der Waals surface area contributed by atoms with E-state index in [0.29, 0.717) is 0 Å². The quantitative estimate of drug-likeness (QED) is 0.760. The van der Waals surface area contributed by atoms with E-state index in [4.69, 9.17) is 4.74 Å². The molecular formula is C18H28O5S. The first-order valence-corrected chi connectivity index (χ1v) is 9.69. The molecule has 0 aromatic heterocycles. The van der Waals surface area contributed by atoms with Crippen LogP contribution in [0, 0.1) is 18.8 Å². The average molecular weight is 356 g/mol. The molecule has 1 rings (SSSR count). The Kier molecular flexibility index (Phi) is 6.59. The second-order valence-electron chi connectivity index (χ2n) is 7.17. The van der Waals surface area contributed by atoms with Gasteiger partial charge in [0.25, 0.3) is 0 Å². The fourth-order valence-corrected chi connectivity index (χ4v) is 4.47. The molecule has 0 radical (unpaired) electrons. The summed E-state index contributed by atoms with van der Waals surface area (Å²) in [6.45, 7) is 9.93. The first kappa shape index (κ1) is 20.6. The van der Waals surface area contributed by atoms with Gasteiger partial charge in [-0.3, -0.25) is 4.79 Å². The highest BCUT2D eigenvalue weighted by atomic mass is 32.2. The zero-order valence-electron chi connectivity index (χ0n) is 15.2. The van der Waals surface area contributed by atoms with Gasteiger partial charge in [-0.1, -0.05) is 31.5 Å². The van der Waals surface area contributed by atoms with Crippen LogP contribution in [0.4, 0.5) is 0 Å². The standard InChI is InChI=1S/C18H28O5S/c1-12(2)17(23-14(4)19)16(18(5,6)20)11-24(21,22)15-9-7-13(3)8-10-15/h7-10,12,16-17,20H,11H2,1-6H3/t16-,17+/m0/s1. The number of sulfone groups is 1. The highest BCUT2D eigenvalue weighted by Crippen LogP contribution is 2.30. The number of benzene rings is 1. The van der Waals surface area contributed by atoms with E-state index >= 15 is 0 Å². The molecule has 0 aliphatic carbocycles. The van der Waals surface area contributed by atoms with Gasteiger partial charge in [0.15, 0.2) is 9.84 Å². The number of esters is 1. The van der Waals surface area contributed by atoms with Gasteiger partial charge in [-0.15, -0.1) is 0 Å². The van der Waals surface area contributed by atoms with Crippen molar-refractivity contribution in [3.05, 3.63) is 29.8 Å². The van der Waals surface area contributed by atoms with Crippen molar-refractivity contribution < 1.29 is 23.1 Å². The Hall–Kier alpha value is -1.40. The zero-order chi connectivity index (χ0) is 18.7. The molecule has 1 aromatic carbocycles. The minimum atomic E-state index is -3.63. The SMILES string of the molecule is CC(=O)O[C@H](C(C)C)[C@H](CS(=O)(=O)c1ccc(C)cc1)C(C)(C)O. The highest BCUT2D eigenvalue weighted by Gasteiger charge is 2.41. The first-order chi connectivity index (χ1) is 10.8. The first-order valence-electron chi connectivity index (χ1n) is 8.03. The molecule has 24 heavy (non-hydrogen) atoms. The van der Waals surface area contributed by atoms with Crippen molar-refractivity contribution in [2.75, 3.05) is 5.75 Å². The normalized spacial score (nSPS) is 15.2. The topological polar surface area (TPSA) is 80.7 Å². The van der Waals surface area contributed by atoms with Gasteiger partial charge in [-0.2, -0.15) is 0 Å². The molecular weight excluding hydrogens is 328 g/mol. The highest BCUT2D eigenvalue weighted by molar-refractivity contribution is 7.91. The fourth-order valence-electron chi connectivity index (χ4n) is 2.65. The predicted octanol–water partition coefficient (Wildman–Crippen LogP) is 2.74. The Morgan fingerprint density at radius 2 is 1.71 bits per heavy atom. The predicted molar refractivity (Wildman–Crippen MR) is 93.4 cm³/mol. The third-order valence-electron chi connectivity index (χ3n) is 4.04. The molecule has 5 nitrogen and oxygen atoms in total. The van der Waals surface area contributed by atoms with E-state index in [-0.39, 0.29) is 16.6 Å². The summed E-state index contributed by atoms with van der Waals surface area (Å²) >= 11 is 0. The Morgan fingerprint density at radius 3 is 2.08 bits per heavy atom. The molecule has 0 saturated carbocycles. The molecule has 6 heteroatoms. The summed E-state index contributed by atoms with van der Waals surface area (Å²) in [5.41, 5.74) is -0.352. The monoisotopic (exact) mass is 356 g/mol. The summed E-state index contributed by atoms with van der Waals surface area (Å²) in [5.74, 6) is -1.66. The molecule has 0 unspecified atom stereocenters. The number of aliphatic hydroxyl groups is 1. The summed E-state index contributed by atoms with van der Waals surface area (Å²) < 4.78 is 30.9. The van der Waals surface area contributed by atoms with Crippen LogP contribution < -0.4 is 0 Å². The van der Waals surface area contributed by atoms with Crippen LogP contribution in [0.25, 0.3) is 0 Å². The maximum Gasteiger partial charge on any atom is 0.302 e. The molecule has 0 fully saturated rings. The lowest BCUT2D eigenvalue weighted by Gasteiger charge is -2.37. The van der Waals surface area contributed by atoms with Crippen LogP contribution in [0.1, 0.15) is 40.2 Å². The smallest absolute Gasteiger partial charge is 0.302 e. The van der Waals surface area contributed by atoms with Crippen molar-refractivity contribution in [3.63, 3.8) is 0 Å². The van der Waals surface area contributed by atoms with Crippen LogP contribution in [-0.2, 0) is 19.4 Å². The van der Waals surface area contributed by atoms with Crippen LogP contribution in [0.3, 0.4) is 0 Å². The second-order valence-corrected chi connectivity index (χ2v) is 9.21. The molecule has 2 atom stereocenters. The van der Waals surface area contributed by atoms with Crippen molar-refractivity contribution >= 4 is 15.8 Å². The van der Waals surface area contributed by atoms with Crippen LogP contribution >= 0.6 is 0 Å². The Labute approximate surface area is 145 Å². The van der Waals surface area contributed by atoms with Crippen molar-refractivity contribution in [3.8, 4) is 0 Å². The molecule has 0 heterocycles. The minimum Gasteiger partial charge on any atom is -0.462 e. The van der Waals surface area contributed by atoms with E-state index in [0.717, 1.165) is 5.56 Å². The van der Waals surface area contributed by atoms with Gasteiger partial charge in [0.2, 0.25) is 0 Å². The summed E-state index contributed by atoms with van der Waals surface area (Å²) in [7, 11) is -3.63. The molecule has 0 amide bonds. The maximum atomic E-state index is 12.8.